The van der Waals surface area contributed by atoms with Crippen LogP contribution in [0, 0.1) is 5.92 Å². The molecule has 1 aromatic heterocycles. The molecule has 3 fully saturated rings. The number of likely N-dealkylation sites (tertiary alicyclic amines) is 2. The Bertz CT molecular complexity index is 1560. The summed E-state index contributed by atoms with van der Waals surface area (Å²) in [4.78, 5) is 51.5. The first kappa shape index (κ1) is 31.3. The van der Waals surface area contributed by atoms with Crippen molar-refractivity contribution in [1.82, 2.24) is 29.2 Å². The number of hydrogen-bond donors (Lipinski definition) is 2. The van der Waals surface area contributed by atoms with Gasteiger partial charge in [-0.1, -0.05) is 18.2 Å². The number of carbonyl (C=O) groups is 2. The summed E-state index contributed by atoms with van der Waals surface area (Å²) < 4.78 is 3.56. The minimum Gasteiger partial charge on any atom is -0.465 e. The molecule has 10 nitrogen and oxygen atoms in total. The van der Waals surface area contributed by atoms with Gasteiger partial charge in [-0.2, -0.15) is 0 Å². The number of amides is 2. The molecule has 3 aliphatic heterocycles. The summed E-state index contributed by atoms with van der Waals surface area (Å²) in [5, 5.41) is 10.3. The van der Waals surface area contributed by atoms with Gasteiger partial charge in [0.2, 0.25) is 5.91 Å². The lowest BCUT2D eigenvalue weighted by Gasteiger charge is -2.45. The summed E-state index contributed by atoms with van der Waals surface area (Å²) in [5.74, 6) is -0.590. The number of aromatic amines is 1. The number of aromatic nitrogens is 2. The van der Waals surface area contributed by atoms with Gasteiger partial charge < -0.3 is 24.8 Å². The average molecular weight is 733 g/mol. The van der Waals surface area contributed by atoms with E-state index < -0.39 is 18.1 Å². The van der Waals surface area contributed by atoms with Crippen molar-refractivity contribution in [2.75, 3.05) is 52.9 Å². The van der Waals surface area contributed by atoms with Gasteiger partial charge in [0.1, 0.15) is 0 Å². The highest BCUT2D eigenvalue weighted by atomic mass is 79.9. The molecule has 3 aliphatic rings. The second kappa shape index (κ2) is 13.4. The predicted octanol–water partition coefficient (Wildman–Crippen LogP) is 4.64. The summed E-state index contributed by atoms with van der Waals surface area (Å²) in [6.45, 7) is 5.39. The Morgan fingerprint density at radius 2 is 1.64 bits per heavy atom. The number of H-pyrrole nitrogens is 1. The van der Waals surface area contributed by atoms with Gasteiger partial charge in [0, 0.05) is 59.8 Å². The van der Waals surface area contributed by atoms with E-state index in [0.717, 1.165) is 64.6 Å². The van der Waals surface area contributed by atoms with Crippen molar-refractivity contribution in [3.63, 3.8) is 0 Å². The molecule has 2 amide bonds. The quantitative estimate of drug-likeness (QED) is 0.383. The number of hydrogen-bond acceptors (Lipinski definition) is 5. The molecule has 6 rings (SSSR count). The first-order chi connectivity index (χ1) is 21.2. The van der Waals surface area contributed by atoms with Gasteiger partial charge in [-0.3, -0.25) is 14.3 Å². The van der Waals surface area contributed by atoms with Gasteiger partial charge in [-0.25, -0.2) is 9.59 Å². The number of nitrogens with zero attached hydrogens (tertiary/aromatic N) is 5. The molecule has 0 spiro atoms. The van der Waals surface area contributed by atoms with Crippen LogP contribution in [0.25, 0.3) is 11.0 Å². The summed E-state index contributed by atoms with van der Waals surface area (Å²) in [6.07, 6.45) is 2.57. The fourth-order valence-electron chi connectivity index (χ4n) is 7.48. The number of piperidine rings is 2. The Morgan fingerprint density at radius 1 is 0.932 bits per heavy atom. The van der Waals surface area contributed by atoms with Crippen LogP contribution in [0.5, 0.6) is 0 Å². The van der Waals surface area contributed by atoms with Crippen LogP contribution in [0.15, 0.2) is 56.2 Å². The van der Waals surface area contributed by atoms with Crippen molar-refractivity contribution in [2.45, 2.75) is 50.2 Å². The van der Waals surface area contributed by atoms with Crippen molar-refractivity contribution in [3.8, 4) is 0 Å². The van der Waals surface area contributed by atoms with Crippen LogP contribution in [0.1, 0.15) is 37.3 Å². The van der Waals surface area contributed by atoms with E-state index >= 15 is 0 Å². The summed E-state index contributed by atoms with van der Waals surface area (Å²) in [5.41, 5.74) is 2.31. The standard InChI is InChI=1S/C32H40Br2N6O4/c1-36-11-8-22(9-12-36)37-14-16-38(17-15-37)30(41)24(18-21-6-7-25(33)26(34)19-21)29-20-23(10-13-39(29)32(43)44)40-28-5-3-2-4-27(28)35-31(40)42/h2-7,19,22-24,29H,8-18,20H2,1H3,(H,35,42)(H,43,44)/t23?,24?,29-/m1/s1. The van der Waals surface area contributed by atoms with E-state index in [1.54, 1.807) is 4.57 Å². The lowest BCUT2D eigenvalue weighted by atomic mass is 9.82. The Hall–Kier alpha value is -2.67. The maximum Gasteiger partial charge on any atom is 0.407 e. The Balaban J connectivity index is 1.28. The zero-order valence-electron chi connectivity index (χ0n) is 25.0. The van der Waals surface area contributed by atoms with Gasteiger partial charge >= 0.3 is 11.8 Å². The van der Waals surface area contributed by atoms with E-state index in [1.807, 2.05) is 47.4 Å². The molecule has 0 saturated carbocycles. The number of carbonyl (C=O) groups excluding carboxylic acids is 1. The fraction of sp³-hybridized carbons (Fsp3) is 0.531. The number of carboxylic acid groups (broad SMARTS) is 1. The van der Waals surface area contributed by atoms with Gasteiger partial charge in [-0.15, -0.1) is 0 Å². The third-order valence-electron chi connectivity index (χ3n) is 9.90. The second-order valence-corrected chi connectivity index (χ2v) is 14.2. The normalized spacial score (nSPS) is 23.2. The van der Waals surface area contributed by atoms with Crippen molar-refractivity contribution in [3.05, 3.63) is 67.5 Å². The minimum atomic E-state index is -1.03. The molecule has 3 aromatic rings. The number of benzene rings is 2. The smallest absolute Gasteiger partial charge is 0.407 e. The minimum absolute atomic E-state index is 0.00441. The number of imidazole rings is 1. The summed E-state index contributed by atoms with van der Waals surface area (Å²) in [7, 11) is 2.17. The summed E-state index contributed by atoms with van der Waals surface area (Å²) in [6, 6.07) is 13.3. The highest BCUT2D eigenvalue weighted by Gasteiger charge is 2.43. The SMILES string of the molecule is CN1CCC(N2CCN(C(=O)C(Cc3ccc(Br)c(Br)c3)[C@H]3CC(n4c(=O)[nH]c5ccccc54)CCN3C(=O)O)CC2)CC1. The molecule has 0 radical (unpaired) electrons. The van der Waals surface area contributed by atoms with Crippen LogP contribution in [0.3, 0.4) is 0 Å². The zero-order valence-corrected chi connectivity index (χ0v) is 28.2. The molecule has 2 N–H and O–H groups in total. The molecular weight excluding hydrogens is 692 g/mol. The van der Waals surface area contributed by atoms with Gasteiger partial charge in [0.25, 0.3) is 0 Å². The molecule has 2 unspecified atom stereocenters. The Kier molecular flexibility index (Phi) is 9.51. The van der Waals surface area contributed by atoms with Gasteiger partial charge in [0.15, 0.2) is 0 Å². The zero-order chi connectivity index (χ0) is 31.0. The van der Waals surface area contributed by atoms with Crippen molar-refractivity contribution in [1.29, 1.82) is 0 Å². The molecule has 12 heteroatoms. The molecule has 0 aliphatic carbocycles. The molecule has 44 heavy (non-hydrogen) atoms. The van der Waals surface area contributed by atoms with Crippen molar-refractivity contribution in [2.24, 2.45) is 5.92 Å². The van der Waals surface area contributed by atoms with Gasteiger partial charge in [0.05, 0.1) is 17.0 Å². The third kappa shape index (κ3) is 6.49. The molecule has 0 bridgehead atoms. The van der Waals surface area contributed by atoms with E-state index in [4.69, 9.17) is 0 Å². The highest BCUT2D eigenvalue weighted by Crippen LogP contribution is 2.35. The second-order valence-electron chi connectivity index (χ2n) is 12.5. The molecular formula is C32H40Br2N6O4. The van der Waals surface area contributed by atoms with Crippen LogP contribution in [0.4, 0.5) is 4.79 Å². The maximum absolute atomic E-state index is 14.5. The Morgan fingerprint density at radius 3 is 2.34 bits per heavy atom. The molecule has 3 saturated heterocycles. The molecule has 3 atom stereocenters. The van der Waals surface area contributed by atoms with E-state index in [9.17, 15) is 19.5 Å². The number of piperazine rings is 1. The number of fused-ring (bicyclic) bond motifs is 1. The van der Waals surface area contributed by atoms with Crippen LogP contribution in [0.2, 0.25) is 0 Å². The van der Waals surface area contributed by atoms with E-state index in [1.165, 1.54) is 4.90 Å². The first-order valence-electron chi connectivity index (χ1n) is 15.5. The van der Waals surface area contributed by atoms with E-state index in [-0.39, 0.29) is 24.2 Å². The number of nitrogens with one attached hydrogen (secondary N) is 1. The van der Waals surface area contributed by atoms with Crippen LogP contribution >= 0.6 is 31.9 Å². The topological polar surface area (TPSA) is 105 Å². The predicted molar refractivity (Wildman–Crippen MR) is 177 cm³/mol. The lowest BCUT2D eigenvalue weighted by Crippen LogP contribution is -2.58. The average Bonchev–Trinajstić information content (AvgIpc) is 3.37. The number of para-hydroxylation sites is 2. The molecule has 236 valence electrons. The first-order valence-corrected chi connectivity index (χ1v) is 17.1. The summed E-state index contributed by atoms with van der Waals surface area (Å²) >= 11 is 7.14. The number of halogens is 2. The van der Waals surface area contributed by atoms with Crippen LogP contribution in [-0.2, 0) is 11.2 Å². The van der Waals surface area contributed by atoms with E-state index in [2.05, 4.69) is 53.7 Å². The highest BCUT2D eigenvalue weighted by molar-refractivity contribution is 9.13. The maximum atomic E-state index is 14.5. The van der Waals surface area contributed by atoms with Crippen LogP contribution in [-0.4, -0.2) is 111 Å². The van der Waals surface area contributed by atoms with Crippen LogP contribution < -0.4 is 5.69 Å². The molecule has 2 aromatic carbocycles. The fourth-order valence-corrected chi connectivity index (χ4v) is 8.15. The van der Waals surface area contributed by atoms with Crippen molar-refractivity contribution >= 4 is 54.9 Å². The Labute approximate surface area is 274 Å². The third-order valence-corrected chi connectivity index (χ3v) is 11.8. The lowest BCUT2D eigenvalue weighted by molar-refractivity contribution is -0.140. The monoisotopic (exact) mass is 730 g/mol. The molecule has 4 heterocycles. The van der Waals surface area contributed by atoms with Crippen molar-refractivity contribution < 1.29 is 14.7 Å². The van der Waals surface area contributed by atoms with Gasteiger partial charge in [-0.05, 0) is 114 Å². The largest absolute Gasteiger partial charge is 0.465 e. The number of rotatable bonds is 6. The van der Waals surface area contributed by atoms with E-state index in [0.29, 0.717) is 38.4 Å².